The molecule has 0 amide bonds. The predicted molar refractivity (Wildman–Crippen MR) is 116 cm³/mol. The van der Waals surface area contributed by atoms with Crippen molar-refractivity contribution in [3.8, 4) is 28.3 Å². The monoisotopic (exact) mass is 394 g/mol. The lowest BCUT2D eigenvalue weighted by atomic mass is 10.1. The first-order valence-electron chi connectivity index (χ1n) is 9.44. The molecular weight excluding hydrogens is 376 g/mol. The molecule has 0 bridgehead atoms. The van der Waals surface area contributed by atoms with Crippen molar-refractivity contribution in [3.05, 3.63) is 85.3 Å². The first-order chi connectivity index (χ1) is 14.8. The zero-order chi connectivity index (χ0) is 20.3. The van der Waals surface area contributed by atoms with Gasteiger partial charge in [0.1, 0.15) is 5.75 Å². The quantitative estimate of drug-likeness (QED) is 0.469. The van der Waals surface area contributed by atoms with Crippen LogP contribution in [0.25, 0.3) is 28.2 Å². The summed E-state index contributed by atoms with van der Waals surface area (Å²) in [5.74, 6) is 2.01. The van der Waals surface area contributed by atoms with Gasteiger partial charge in [0, 0.05) is 35.9 Å². The summed E-state index contributed by atoms with van der Waals surface area (Å²) in [7, 11) is 1.65. The average molecular weight is 394 g/mol. The van der Waals surface area contributed by atoms with Crippen molar-refractivity contribution in [2.24, 2.45) is 0 Å². The number of nitrogens with zero attached hydrogens (tertiary/aromatic N) is 5. The van der Waals surface area contributed by atoms with E-state index in [0.29, 0.717) is 17.4 Å². The summed E-state index contributed by atoms with van der Waals surface area (Å²) in [6.07, 6.45) is 5.35. The van der Waals surface area contributed by atoms with Crippen LogP contribution in [-0.4, -0.2) is 31.7 Å². The zero-order valence-corrected chi connectivity index (χ0v) is 16.2. The number of rotatable bonds is 5. The van der Waals surface area contributed by atoms with Crippen LogP contribution >= 0.6 is 0 Å². The van der Waals surface area contributed by atoms with Gasteiger partial charge in [-0.1, -0.05) is 18.2 Å². The van der Waals surface area contributed by atoms with E-state index in [-0.39, 0.29) is 0 Å². The number of benzene rings is 2. The van der Waals surface area contributed by atoms with Crippen LogP contribution in [-0.2, 0) is 0 Å². The van der Waals surface area contributed by atoms with Crippen molar-refractivity contribution < 1.29 is 4.74 Å². The van der Waals surface area contributed by atoms with Crippen LogP contribution in [0, 0.1) is 0 Å². The minimum Gasteiger partial charge on any atom is -0.497 e. The number of ether oxygens (including phenoxy) is 1. The molecule has 0 saturated carbocycles. The van der Waals surface area contributed by atoms with Gasteiger partial charge in [0.05, 0.1) is 7.11 Å². The molecule has 3 aromatic heterocycles. The van der Waals surface area contributed by atoms with Crippen LogP contribution in [0.3, 0.4) is 0 Å². The maximum Gasteiger partial charge on any atom is 0.247 e. The fourth-order valence-corrected chi connectivity index (χ4v) is 3.22. The molecule has 5 aromatic rings. The Balaban J connectivity index is 1.43. The van der Waals surface area contributed by atoms with Gasteiger partial charge in [-0.3, -0.25) is 4.98 Å². The third kappa shape index (κ3) is 3.44. The molecule has 30 heavy (non-hydrogen) atoms. The first kappa shape index (κ1) is 17.8. The second-order valence-electron chi connectivity index (χ2n) is 6.65. The van der Waals surface area contributed by atoms with E-state index in [0.717, 1.165) is 28.1 Å². The number of methoxy groups -OCH3 is 1. The molecule has 0 aliphatic heterocycles. The number of pyridine rings is 1. The molecule has 0 aliphatic rings. The van der Waals surface area contributed by atoms with Crippen molar-refractivity contribution in [2.45, 2.75) is 0 Å². The number of nitrogens with one attached hydrogen (secondary N) is 1. The van der Waals surface area contributed by atoms with Crippen molar-refractivity contribution >= 4 is 17.3 Å². The van der Waals surface area contributed by atoms with Crippen LogP contribution in [0.15, 0.2) is 85.3 Å². The van der Waals surface area contributed by atoms with E-state index in [9.17, 15) is 0 Å². The Bertz CT molecular complexity index is 1280. The molecule has 0 fully saturated rings. The highest BCUT2D eigenvalue weighted by Gasteiger charge is 2.11. The van der Waals surface area contributed by atoms with Gasteiger partial charge in [-0.05, 0) is 53.6 Å². The summed E-state index contributed by atoms with van der Waals surface area (Å²) in [4.78, 5) is 13.2. The van der Waals surface area contributed by atoms with Gasteiger partial charge in [0.2, 0.25) is 5.95 Å². The fourth-order valence-electron chi connectivity index (χ4n) is 3.22. The highest BCUT2D eigenvalue weighted by Crippen LogP contribution is 2.24. The molecule has 0 radical (unpaired) electrons. The average Bonchev–Trinajstić information content (AvgIpc) is 3.23. The topological polar surface area (TPSA) is 77.2 Å². The van der Waals surface area contributed by atoms with Crippen LogP contribution in [0.4, 0.5) is 11.6 Å². The summed E-state index contributed by atoms with van der Waals surface area (Å²) in [5.41, 5.74) is 4.72. The lowest BCUT2D eigenvalue weighted by Crippen LogP contribution is -1.98. The molecular formula is C23H18N6O. The maximum absolute atomic E-state index is 5.23. The zero-order valence-electron chi connectivity index (χ0n) is 16.2. The normalized spacial score (nSPS) is 10.8. The highest BCUT2D eigenvalue weighted by atomic mass is 16.5. The summed E-state index contributed by atoms with van der Waals surface area (Å²) < 4.78 is 6.96. The van der Waals surface area contributed by atoms with Gasteiger partial charge >= 0.3 is 0 Å². The second-order valence-corrected chi connectivity index (χ2v) is 6.65. The Morgan fingerprint density at radius 1 is 0.833 bits per heavy atom. The smallest absolute Gasteiger partial charge is 0.247 e. The number of anilines is 2. The SMILES string of the molecule is COc1ccc(-c2nccc3nc(Nc4ccc(-c5cccnc5)cc4)nn23)cc1. The second kappa shape index (κ2) is 7.63. The van der Waals surface area contributed by atoms with E-state index < -0.39 is 0 Å². The van der Waals surface area contributed by atoms with Gasteiger partial charge < -0.3 is 10.1 Å². The van der Waals surface area contributed by atoms with E-state index in [2.05, 4.69) is 25.4 Å². The molecule has 1 N–H and O–H groups in total. The van der Waals surface area contributed by atoms with Crippen molar-refractivity contribution in [1.29, 1.82) is 0 Å². The Morgan fingerprint density at radius 3 is 2.37 bits per heavy atom. The van der Waals surface area contributed by atoms with Gasteiger partial charge in [-0.25, -0.2) is 4.98 Å². The number of hydrogen-bond donors (Lipinski definition) is 1. The van der Waals surface area contributed by atoms with E-state index >= 15 is 0 Å². The van der Waals surface area contributed by atoms with Gasteiger partial charge in [0.15, 0.2) is 11.5 Å². The Kier molecular flexibility index (Phi) is 4.53. The summed E-state index contributed by atoms with van der Waals surface area (Å²) >= 11 is 0. The third-order valence-corrected chi connectivity index (χ3v) is 4.74. The van der Waals surface area contributed by atoms with E-state index in [4.69, 9.17) is 4.74 Å². The van der Waals surface area contributed by atoms with Crippen LogP contribution < -0.4 is 10.1 Å². The molecule has 7 heteroatoms. The molecule has 0 saturated heterocycles. The Labute approximate surface area is 173 Å². The molecule has 0 spiro atoms. The largest absolute Gasteiger partial charge is 0.497 e. The fraction of sp³-hybridized carbons (Fsp3) is 0.0435. The molecule has 0 unspecified atom stereocenters. The van der Waals surface area contributed by atoms with Crippen molar-refractivity contribution in [2.75, 3.05) is 12.4 Å². The van der Waals surface area contributed by atoms with Crippen LogP contribution in [0.1, 0.15) is 0 Å². The first-order valence-corrected chi connectivity index (χ1v) is 9.44. The molecule has 146 valence electrons. The third-order valence-electron chi connectivity index (χ3n) is 4.74. The van der Waals surface area contributed by atoms with Crippen molar-refractivity contribution in [3.63, 3.8) is 0 Å². The van der Waals surface area contributed by atoms with Crippen molar-refractivity contribution in [1.82, 2.24) is 24.6 Å². The van der Waals surface area contributed by atoms with E-state index in [1.54, 1.807) is 24.0 Å². The molecule has 7 nitrogen and oxygen atoms in total. The number of hydrogen-bond acceptors (Lipinski definition) is 6. The molecule has 0 atom stereocenters. The maximum atomic E-state index is 5.23. The number of aromatic nitrogens is 5. The van der Waals surface area contributed by atoms with E-state index in [1.807, 2.05) is 72.9 Å². The number of fused-ring (bicyclic) bond motifs is 1. The summed E-state index contributed by atoms with van der Waals surface area (Å²) in [6.45, 7) is 0. The molecule has 5 rings (SSSR count). The minimum atomic E-state index is 0.506. The Morgan fingerprint density at radius 2 is 1.63 bits per heavy atom. The van der Waals surface area contributed by atoms with Crippen LogP contribution in [0.2, 0.25) is 0 Å². The summed E-state index contributed by atoms with van der Waals surface area (Å²) in [5, 5.41) is 7.86. The predicted octanol–water partition coefficient (Wildman–Crippen LogP) is 4.61. The lowest BCUT2D eigenvalue weighted by molar-refractivity contribution is 0.415. The highest BCUT2D eigenvalue weighted by molar-refractivity contribution is 5.67. The molecule has 0 aliphatic carbocycles. The molecule has 2 aromatic carbocycles. The van der Waals surface area contributed by atoms with Gasteiger partial charge in [0.25, 0.3) is 0 Å². The summed E-state index contributed by atoms with van der Waals surface area (Å²) in [6, 6.07) is 21.6. The molecule has 3 heterocycles. The Hall–Kier alpha value is -4.26. The van der Waals surface area contributed by atoms with Gasteiger partial charge in [-0.15, -0.1) is 5.10 Å². The van der Waals surface area contributed by atoms with Crippen LogP contribution in [0.5, 0.6) is 5.75 Å². The minimum absolute atomic E-state index is 0.506. The van der Waals surface area contributed by atoms with Gasteiger partial charge in [-0.2, -0.15) is 9.50 Å². The lowest BCUT2D eigenvalue weighted by Gasteiger charge is -2.05. The standard InChI is InChI=1S/C23H18N6O/c1-30-20-10-6-17(7-11-20)22-25-14-12-21-27-23(28-29(21)22)26-19-8-4-16(5-9-19)18-3-2-13-24-15-18/h2-15H,1H3,(H,26,28). The van der Waals surface area contributed by atoms with E-state index in [1.165, 1.54) is 0 Å².